The molecule has 6 heteroatoms. The van der Waals surface area contributed by atoms with Crippen molar-refractivity contribution in [1.29, 1.82) is 0 Å². The van der Waals surface area contributed by atoms with E-state index in [4.69, 9.17) is 17.3 Å². The van der Waals surface area contributed by atoms with E-state index >= 15 is 0 Å². The van der Waals surface area contributed by atoms with Crippen LogP contribution in [0.2, 0.25) is 5.02 Å². The van der Waals surface area contributed by atoms with E-state index in [1.54, 1.807) is 17.1 Å². The van der Waals surface area contributed by atoms with Crippen LogP contribution in [0.1, 0.15) is 22.8 Å². The molecule has 1 heterocycles. The van der Waals surface area contributed by atoms with E-state index in [1.807, 2.05) is 31.2 Å². The highest BCUT2D eigenvalue weighted by atomic mass is 35.5. The third kappa shape index (κ3) is 4.31. The van der Waals surface area contributed by atoms with Crippen LogP contribution in [-0.4, -0.2) is 28.8 Å². The SMILES string of the molecule is CC(CN)CNC(=O)c1cnn(Cc2ccccc2Cl)c1. The molecule has 0 spiro atoms. The van der Waals surface area contributed by atoms with Crippen LogP contribution >= 0.6 is 11.6 Å². The summed E-state index contributed by atoms with van der Waals surface area (Å²) in [5.74, 6) is 0.118. The predicted molar refractivity (Wildman–Crippen MR) is 83.3 cm³/mol. The molecule has 0 fully saturated rings. The Morgan fingerprint density at radius 2 is 2.24 bits per heavy atom. The number of carbonyl (C=O) groups is 1. The van der Waals surface area contributed by atoms with Crippen molar-refractivity contribution >= 4 is 17.5 Å². The van der Waals surface area contributed by atoms with E-state index in [-0.39, 0.29) is 11.8 Å². The van der Waals surface area contributed by atoms with Gasteiger partial charge >= 0.3 is 0 Å². The summed E-state index contributed by atoms with van der Waals surface area (Å²) in [6.07, 6.45) is 3.27. The van der Waals surface area contributed by atoms with E-state index in [0.717, 1.165) is 5.56 Å². The van der Waals surface area contributed by atoms with Crippen molar-refractivity contribution in [2.24, 2.45) is 11.7 Å². The standard InChI is InChI=1S/C15H19ClN4O/c1-11(6-17)7-18-15(21)13-8-19-20(10-13)9-12-4-2-3-5-14(12)16/h2-5,8,10-11H,6-7,9,17H2,1H3,(H,18,21). The topological polar surface area (TPSA) is 72.9 Å². The molecule has 2 aromatic rings. The smallest absolute Gasteiger partial charge is 0.254 e. The summed E-state index contributed by atoms with van der Waals surface area (Å²) in [5, 5.41) is 7.72. The maximum atomic E-state index is 12.0. The van der Waals surface area contributed by atoms with Gasteiger partial charge in [0.05, 0.1) is 18.3 Å². The quantitative estimate of drug-likeness (QED) is 0.856. The highest BCUT2D eigenvalue weighted by Crippen LogP contribution is 2.16. The molecule has 0 aliphatic rings. The first kappa shape index (κ1) is 15.5. The lowest BCUT2D eigenvalue weighted by Gasteiger charge is -2.08. The van der Waals surface area contributed by atoms with Gasteiger partial charge in [0.15, 0.2) is 0 Å². The summed E-state index contributed by atoms with van der Waals surface area (Å²) in [7, 11) is 0. The number of nitrogens with one attached hydrogen (secondary N) is 1. The Kier molecular flexibility index (Phi) is 5.36. The molecule has 0 saturated carbocycles. The van der Waals surface area contributed by atoms with E-state index in [1.165, 1.54) is 0 Å². The van der Waals surface area contributed by atoms with Crippen molar-refractivity contribution in [1.82, 2.24) is 15.1 Å². The van der Waals surface area contributed by atoms with Gasteiger partial charge in [-0.15, -0.1) is 0 Å². The Balaban J connectivity index is 1.98. The summed E-state index contributed by atoms with van der Waals surface area (Å²) in [5.41, 5.74) is 7.02. The summed E-state index contributed by atoms with van der Waals surface area (Å²) in [6, 6.07) is 7.58. The van der Waals surface area contributed by atoms with Crippen LogP contribution in [0, 0.1) is 5.92 Å². The van der Waals surface area contributed by atoms with Gasteiger partial charge < -0.3 is 11.1 Å². The molecule has 5 nitrogen and oxygen atoms in total. The average molecular weight is 307 g/mol. The number of nitrogens with two attached hydrogens (primary N) is 1. The van der Waals surface area contributed by atoms with Gasteiger partial charge in [-0.05, 0) is 24.1 Å². The first-order valence-corrected chi connectivity index (χ1v) is 7.22. The van der Waals surface area contributed by atoms with Gasteiger partial charge in [0.25, 0.3) is 5.91 Å². The largest absolute Gasteiger partial charge is 0.352 e. The lowest BCUT2D eigenvalue weighted by atomic mass is 10.2. The van der Waals surface area contributed by atoms with Gasteiger partial charge in [0.2, 0.25) is 0 Å². The van der Waals surface area contributed by atoms with Crippen LogP contribution in [0.4, 0.5) is 0 Å². The van der Waals surface area contributed by atoms with Crippen LogP contribution < -0.4 is 11.1 Å². The molecule has 0 saturated heterocycles. The fourth-order valence-corrected chi connectivity index (χ4v) is 2.02. The molecule has 0 bridgehead atoms. The molecule has 0 aliphatic carbocycles. The van der Waals surface area contributed by atoms with Crippen LogP contribution in [0.15, 0.2) is 36.7 Å². The molecule has 21 heavy (non-hydrogen) atoms. The van der Waals surface area contributed by atoms with Crippen molar-refractivity contribution in [2.45, 2.75) is 13.5 Å². The van der Waals surface area contributed by atoms with E-state index in [9.17, 15) is 4.79 Å². The number of aromatic nitrogens is 2. The second kappa shape index (κ2) is 7.24. The zero-order chi connectivity index (χ0) is 15.2. The van der Waals surface area contributed by atoms with Gasteiger partial charge in [-0.1, -0.05) is 36.7 Å². The number of benzene rings is 1. The number of rotatable bonds is 6. The molecule has 2 rings (SSSR count). The van der Waals surface area contributed by atoms with Crippen molar-refractivity contribution in [3.63, 3.8) is 0 Å². The van der Waals surface area contributed by atoms with Gasteiger partial charge in [-0.2, -0.15) is 5.10 Å². The number of hydrogen-bond acceptors (Lipinski definition) is 3. The Labute approximate surface area is 129 Å². The Morgan fingerprint density at radius 3 is 2.95 bits per heavy atom. The molecule has 1 unspecified atom stereocenters. The van der Waals surface area contributed by atoms with Crippen LogP contribution in [0.25, 0.3) is 0 Å². The molecular weight excluding hydrogens is 288 g/mol. The Hall–Kier alpha value is -1.85. The van der Waals surface area contributed by atoms with E-state index in [0.29, 0.717) is 30.2 Å². The first-order chi connectivity index (χ1) is 10.1. The minimum Gasteiger partial charge on any atom is -0.352 e. The molecule has 1 aromatic heterocycles. The monoisotopic (exact) mass is 306 g/mol. The average Bonchev–Trinajstić information content (AvgIpc) is 2.95. The van der Waals surface area contributed by atoms with Crippen molar-refractivity contribution < 1.29 is 4.79 Å². The lowest BCUT2D eigenvalue weighted by molar-refractivity contribution is 0.0948. The molecule has 1 atom stereocenters. The predicted octanol–water partition coefficient (Wildman–Crippen LogP) is 1.91. The normalized spacial score (nSPS) is 12.1. The number of amides is 1. The molecule has 1 amide bonds. The Bertz CT molecular complexity index is 611. The first-order valence-electron chi connectivity index (χ1n) is 6.84. The Morgan fingerprint density at radius 1 is 1.48 bits per heavy atom. The van der Waals surface area contributed by atoms with Crippen molar-refractivity contribution in [2.75, 3.05) is 13.1 Å². The van der Waals surface area contributed by atoms with Crippen molar-refractivity contribution in [3.05, 3.63) is 52.8 Å². The number of nitrogens with zero attached hydrogens (tertiary/aromatic N) is 2. The lowest BCUT2D eigenvalue weighted by Crippen LogP contribution is -2.31. The third-order valence-electron chi connectivity index (χ3n) is 3.20. The van der Waals surface area contributed by atoms with Gasteiger partial charge in [-0.25, -0.2) is 0 Å². The van der Waals surface area contributed by atoms with Crippen molar-refractivity contribution in [3.8, 4) is 0 Å². The van der Waals surface area contributed by atoms with Crippen LogP contribution in [-0.2, 0) is 6.54 Å². The fraction of sp³-hybridized carbons (Fsp3) is 0.333. The molecule has 1 aromatic carbocycles. The van der Waals surface area contributed by atoms with Crippen LogP contribution in [0.3, 0.4) is 0 Å². The summed E-state index contributed by atoms with van der Waals surface area (Å²) in [6.45, 7) is 3.63. The maximum Gasteiger partial charge on any atom is 0.254 e. The molecule has 0 radical (unpaired) electrons. The summed E-state index contributed by atoms with van der Waals surface area (Å²) in [4.78, 5) is 12.0. The van der Waals surface area contributed by atoms with Gasteiger partial charge in [0.1, 0.15) is 0 Å². The number of halogens is 1. The van der Waals surface area contributed by atoms with E-state index < -0.39 is 0 Å². The maximum absolute atomic E-state index is 12.0. The zero-order valence-corrected chi connectivity index (χ0v) is 12.7. The number of carbonyl (C=O) groups excluding carboxylic acids is 1. The molecular formula is C15H19ClN4O. The highest BCUT2D eigenvalue weighted by Gasteiger charge is 2.10. The third-order valence-corrected chi connectivity index (χ3v) is 3.57. The van der Waals surface area contributed by atoms with E-state index in [2.05, 4.69) is 10.4 Å². The second-order valence-electron chi connectivity index (χ2n) is 5.07. The zero-order valence-electron chi connectivity index (χ0n) is 11.9. The number of hydrogen-bond donors (Lipinski definition) is 2. The fourth-order valence-electron chi connectivity index (χ4n) is 1.82. The highest BCUT2D eigenvalue weighted by molar-refractivity contribution is 6.31. The van der Waals surface area contributed by atoms with Crippen LogP contribution in [0.5, 0.6) is 0 Å². The second-order valence-corrected chi connectivity index (χ2v) is 5.48. The molecule has 112 valence electrons. The van der Waals surface area contributed by atoms with Gasteiger partial charge in [0, 0.05) is 17.8 Å². The minimum absolute atomic E-state index is 0.138. The summed E-state index contributed by atoms with van der Waals surface area (Å²) >= 11 is 6.11. The molecule has 3 N–H and O–H groups in total. The molecule has 0 aliphatic heterocycles. The summed E-state index contributed by atoms with van der Waals surface area (Å²) < 4.78 is 1.70. The van der Waals surface area contributed by atoms with Gasteiger partial charge in [-0.3, -0.25) is 9.48 Å². The minimum atomic E-state index is -0.138.